The summed E-state index contributed by atoms with van der Waals surface area (Å²) in [7, 11) is 0. The molecule has 1 atom stereocenters. The van der Waals surface area contributed by atoms with Crippen molar-refractivity contribution in [1.29, 1.82) is 0 Å². The van der Waals surface area contributed by atoms with Crippen LogP contribution in [0, 0.1) is 13.8 Å². The van der Waals surface area contributed by atoms with E-state index >= 15 is 0 Å². The number of nitrogens with zero attached hydrogens (tertiary/aromatic N) is 2. The lowest BCUT2D eigenvalue weighted by Gasteiger charge is -2.31. The lowest BCUT2D eigenvalue weighted by Crippen LogP contribution is -2.46. The molecule has 0 saturated heterocycles. The van der Waals surface area contributed by atoms with Crippen molar-refractivity contribution in [3.8, 4) is 0 Å². The van der Waals surface area contributed by atoms with Crippen molar-refractivity contribution >= 4 is 11.6 Å². The molecule has 1 N–H and O–H groups in total. The zero-order valence-corrected chi connectivity index (χ0v) is 18.1. The lowest BCUT2D eigenvalue weighted by molar-refractivity contribution is -0.137. The number of carbonyl (C=O) groups is 1. The standard InChI is InChI=1S/C25H25F3N2O2/c1-17-7-12-21(16-18(17)2)30(23(31)24(3,32)22-6-4-5-14-29-22)15-13-19-8-10-20(11-9-19)25(26,27)28/h4-12,14,16,32H,13,15H2,1-3H3/t24-/m1/s1. The zero-order valence-electron chi connectivity index (χ0n) is 18.1. The number of anilines is 1. The first-order chi connectivity index (χ1) is 15.0. The van der Waals surface area contributed by atoms with Gasteiger partial charge in [-0.2, -0.15) is 13.2 Å². The first-order valence-electron chi connectivity index (χ1n) is 10.2. The second-order valence-corrected chi connectivity index (χ2v) is 7.96. The lowest BCUT2D eigenvalue weighted by atomic mass is 9.98. The molecule has 0 spiro atoms. The van der Waals surface area contributed by atoms with Gasteiger partial charge in [0.1, 0.15) is 0 Å². The van der Waals surface area contributed by atoms with Crippen molar-refractivity contribution in [2.75, 3.05) is 11.4 Å². The fourth-order valence-electron chi connectivity index (χ4n) is 3.37. The summed E-state index contributed by atoms with van der Waals surface area (Å²) in [5, 5.41) is 11.1. The van der Waals surface area contributed by atoms with Crippen LogP contribution in [0.15, 0.2) is 66.9 Å². The molecule has 168 valence electrons. The molecule has 0 aliphatic heterocycles. The summed E-state index contributed by atoms with van der Waals surface area (Å²) in [5.41, 5.74) is 0.904. The molecule has 1 amide bonds. The van der Waals surface area contributed by atoms with Crippen molar-refractivity contribution in [3.63, 3.8) is 0 Å². The number of aliphatic hydroxyl groups is 1. The molecule has 0 unspecified atom stereocenters. The smallest absolute Gasteiger partial charge is 0.374 e. The second kappa shape index (κ2) is 9.12. The SMILES string of the molecule is Cc1ccc(N(CCc2ccc(C(F)(F)F)cc2)C(=O)[C@](C)(O)c2ccccn2)cc1C. The van der Waals surface area contributed by atoms with E-state index in [0.717, 1.165) is 23.3 Å². The summed E-state index contributed by atoms with van der Waals surface area (Å²) in [6.07, 6.45) is -2.59. The molecule has 3 rings (SSSR count). The molecule has 32 heavy (non-hydrogen) atoms. The van der Waals surface area contributed by atoms with Crippen LogP contribution in [0.1, 0.15) is 34.9 Å². The quantitative estimate of drug-likeness (QED) is 0.571. The minimum atomic E-state index is -4.40. The highest BCUT2D eigenvalue weighted by Gasteiger charge is 2.38. The molecular weight excluding hydrogens is 417 g/mol. The monoisotopic (exact) mass is 442 g/mol. The Morgan fingerprint density at radius 2 is 1.69 bits per heavy atom. The molecule has 4 nitrogen and oxygen atoms in total. The van der Waals surface area contributed by atoms with Crippen LogP contribution in [0.5, 0.6) is 0 Å². The normalized spacial score (nSPS) is 13.5. The number of aromatic nitrogens is 1. The molecule has 0 bridgehead atoms. The molecule has 0 aliphatic rings. The van der Waals surface area contributed by atoms with Gasteiger partial charge < -0.3 is 10.0 Å². The Kier molecular flexibility index (Phi) is 6.69. The predicted molar refractivity (Wildman–Crippen MR) is 117 cm³/mol. The van der Waals surface area contributed by atoms with Crippen LogP contribution in [-0.2, 0) is 23.0 Å². The summed E-state index contributed by atoms with van der Waals surface area (Å²) in [6, 6.07) is 15.4. The summed E-state index contributed by atoms with van der Waals surface area (Å²) < 4.78 is 38.5. The van der Waals surface area contributed by atoms with Crippen LogP contribution in [0.4, 0.5) is 18.9 Å². The first-order valence-corrected chi connectivity index (χ1v) is 10.2. The number of carbonyl (C=O) groups excluding carboxylic acids is 1. The fourth-order valence-corrected chi connectivity index (χ4v) is 3.37. The number of aryl methyl sites for hydroxylation is 2. The van der Waals surface area contributed by atoms with Gasteiger partial charge in [0.15, 0.2) is 5.60 Å². The van der Waals surface area contributed by atoms with Crippen LogP contribution in [0.2, 0.25) is 0 Å². The molecule has 1 aromatic heterocycles. The van der Waals surface area contributed by atoms with Gasteiger partial charge in [0.05, 0.1) is 11.3 Å². The Morgan fingerprint density at radius 3 is 2.25 bits per heavy atom. The number of halogens is 3. The number of benzene rings is 2. The number of alkyl halides is 3. The van der Waals surface area contributed by atoms with Gasteiger partial charge in [-0.05, 0) is 80.3 Å². The maximum atomic E-state index is 13.5. The van der Waals surface area contributed by atoms with Crippen molar-refractivity contribution in [2.45, 2.75) is 39.0 Å². The van der Waals surface area contributed by atoms with Gasteiger partial charge >= 0.3 is 6.18 Å². The molecule has 0 aliphatic carbocycles. The van der Waals surface area contributed by atoms with E-state index in [0.29, 0.717) is 17.7 Å². The molecular formula is C25H25F3N2O2. The highest BCUT2D eigenvalue weighted by molar-refractivity contribution is 5.99. The van der Waals surface area contributed by atoms with Gasteiger partial charge in [-0.15, -0.1) is 0 Å². The maximum Gasteiger partial charge on any atom is 0.416 e. The number of hydrogen-bond acceptors (Lipinski definition) is 3. The third kappa shape index (κ3) is 5.16. The minimum Gasteiger partial charge on any atom is -0.374 e. The third-order valence-corrected chi connectivity index (χ3v) is 5.53. The second-order valence-electron chi connectivity index (χ2n) is 7.96. The van der Waals surface area contributed by atoms with Crippen molar-refractivity contribution < 1.29 is 23.1 Å². The van der Waals surface area contributed by atoms with Gasteiger partial charge in [0.2, 0.25) is 0 Å². The van der Waals surface area contributed by atoms with Crippen molar-refractivity contribution in [3.05, 3.63) is 94.8 Å². The van der Waals surface area contributed by atoms with E-state index in [1.165, 1.54) is 30.2 Å². The van der Waals surface area contributed by atoms with Crippen LogP contribution in [0.3, 0.4) is 0 Å². The van der Waals surface area contributed by atoms with E-state index in [1.54, 1.807) is 24.3 Å². The van der Waals surface area contributed by atoms with Gasteiger partial charge in [-0.25, -0.2) is 0 Å². The summed E-state index contributed by atoms with van der Waals surface area (Å²) in [5.74, 6) is -0.564. The topological polar surface area (TPSA) is 53.4 Å². The Morgan fingerprint density at radius 1 is 1.00 bits per heavy atom. The first kappa shape index (κ1) is 23.5. The summed E-state index contributed by atoms with van der Waals surface area (Å²) >= 11 is 0. The molecule has 3 aromatic rings. The summed E-state index contributed by atoms with van der Waals surface area (Å²) in [4.78, 5) is 19.0. The Bertz CT molecular complexity index is 1080. The number of rotatable bonds is 6. The number of amides is 1. The van der Waals surface area contributed by atoms with Gasteiger partial charge in [-0.1, -0.05) is 24.3 Å². The fraction of sp³-hybridized carbons (Fsp3) is 0.280. The Labute approximate surface area is 185 Å². The number of hydrogen-bond donors (Lipinski definition) is 1. The van der Waals surface area contributed by atoms with Gasteiger partial charge in [0, 0.05) is 18.4 Å². The molecule has 0 saturated carbocycles. The van der Waals surface area contributed by atoms with Crippen LogP contribution in [-0.4, -0.2) is 22.5 Å². The van der Waals surface area contributed by atoms with Crippen molar-refractivity contribution in [1.82, 2.24) is 4.98 Å². The minimum absolute atomic E-state index is 0.176. The molecule has 0 fully saturated rings. The van der Waals surface area contributed by atoms with E-state index < -0.39 is 23.2 Å². The van der Waals surface area contributed by atoms with E-state index in [2.05, 4.69) is 4.98 Å². The van der Waals surface area contributed by atoms with Gasteiger partial charge in [-0.3, -0.25) is 9.78 Å². The van der Waals surface area contributed by atoms with Crippen LogP contribution in [0.25, 0.3) is 0 Å². The molecule has 1 heterocycles. The average molecular weight is 442 g/mol. The van der Waals surface area contributed by atoms with Crippen LogP contribution < -0.4 is 4.90 Å². The van der Waals surface area contributed by atoms with E-state index in [9.17, 15) is 23.1 Å². The summed E-state index contributed by atoms with van der Waals surface area (Å²) in [6.45, 7) is 5.45. The maximum absolute atomic E-state index is 13.5. The predicted octanol–water partition coefficient (Wildman–Crippen LogP) is 5.20. The Hall–Kier alpha value is -3.19. The van der Waals surface area contributed by atoms with E-state index in [4.69, 9.17) is 0 Å². The third-order valence-electron chi connectivity index (χ3n) is 5.53. The number of pyridine rings is 1. The van der Waals surface area contributed by atoms with Crippen LogP contribution >= 0.6 is 0 Å². The molecule has 0 radical (unpaired) electrons. The Balaban J connectivity index is 1.90. The molecule has 7 heteroatoms. The molecule has 2 aromatic carbocycles. The highest BCUT2D eigenvalue weighted by atomic mass is 19.4. The van der Waals surface area contributed by atoms with Crippen molar-refractivity contribution in [2.24, 2.45) is 0 Å². The van der Waals surface area contributed by atoms with Gasteiger partial charge in [0.25, 0.3) is 5.91 Å². The van der Waals surface area contributed by atoms with E-state index in [1.807, 2.05) is 26.0 Å². The highest BCUT2D eigenvalue weighted by Crippen LogP contribution is 2.30. The zero-order chi connectivity index (χ0) is 23.5. The largest absolute Gasteiger partial charge is 0.416 e. The van der Waals surface area contributed by atoms with E-state index in [-0.39, 0.29) is 12.2 Å². The average Bonchev–Trinajstić information content (AvgIpc) is 2.76.